The zero-order valence-electron chi connectivity index (χ0n) is 20.0. The van der Waals surface area contributed by atoms with Crippen molar-refractivity contribution in [1.82, 2.24) is 0 Å². The monoisotopic (exact) mass is 480 g/mol. The summed E-state index contributed by atoms with van der Waals surface area (Å²) >= 11 is 0. The molecule has 0 saturated carbocycles. The van der Waals surface area contributed by atoms with Crippen molar-refractivity contribution in [1.29, 1.82) is 0 Å². The average Bonchev–Trinajstić information content (AvgIpc) is 2.94. The number of hydrogen-bond donors (Lipinski definition) is 0. The third-order valence-electron chi connectivity index (χ3n) is 7.78. The van der Waals surface area contributed by atoms with Crippen molar-refractivity contribution in [3.8, 4) is 11.5 Å². The Balaban J connectivity index is 1.87. The summed E-state index contributed by atoms with van der Waals surface area (Å²) < 4.78 is 11.1. The Hall–Kier alpha value is -3.09. The minimum absolute atomic E-state index is 0.924. The lowest BCUT2D eigenvalue weighted by Crippen LogP contribution is -2.86. The predicted molar refractivity (Wildman–Crippen MR) is 148 cm³/mol. The zero-order chi connectivity index (χ0) is 23.4. The molecular weight excluding hydrogens is 449 g/mol. The third kappa shape index (κ3) is 3.62. The highest BCUT2D eigenvalue weighted by molar-refractivity contribution is 7.59. The van der Waals surface area contributed by atoms with Crippen LogP contribution in [0, 0.1) is 0 Å². The molecule has 4 heteroatoms. The maximum Gasteiger partial charge on any atom is 0.121 e. The second-order valence-corrected chi connectivity index (χ2v) is 21.3. The minimum Gasteiger partial charge on any atom is -0.497 e. The van der Waals surface area contributed by atoms with Gasteiger partial charge in [-0.15, -0.1) is 0 Å². The topological polar surface area (TPSA) is 18.5 Å². The first-order valence-electron chi connectivity index (χ1n) is 12.1. The molecule has 0 spiro atoms. The molecule has 5 rings (SSSR count). The van der Waals surface area contributed by atoms with E-state index in [2.05, 4.69) is 109 Å². The molecule has 2 atom stereocenters. The van der Waals surface area contributed by atoms with E-state index >= 15 is 0 Å². The SMILES string of the molecule is COc1ccc([Si@@]2(c3ccccc3)CCCC[Si@@]2(c2ccccc2)c2ccc(OC)cc2)cc1. The molecule has 34 heavy (non-hydrogen) atoms. The molecule has 0 N–H and O–H groups in total. The van der Waals surface area contributed by atoms with E-state index < -0.39 is 15.2 Å². The van der Waals surface area contributed by atoms with Gasteiger partial charge in [0.15, 0.2) is 0 Å². The molecule has 0 amide bonds. The maximum absolute atomic E-state index is 5.55. The molecule has 4 aromatic carbocycles. The summed E-state index contributed by atoms with van der Waals surface area (Å²) in [5.41, 5.74) is 0. The van der Waals surface area contributed by atoms with Crippen molar-refractivity contribution >= 4 is 35.9 Å². The van der Waals surface area contributed by atoms with Crippen LogP contribution < -0.4 is 30.2 Å². The van der Waals surface area contributed by atoms with Crippen molar-refractivity contribution in [2.45, 2.75) is 24.9 Å². The Bertz CT molecular complexity index is 1110. The molecule has 2 nitrogen and oxygen atoms in total. The molecule has 0 bridgehead atoms. The molecule has 4 aromatic rings. The molecule has 1 aliphatic rings. The van der Waals surface area contributed by atoms with Crippen molar-refractivity contribution in [2.75, 3.05) is 14.2 Å². The Morgan fingerprint density at radius 1 is 0.441 bits per heavy atom. The van der Waals surface area contributed by atoms with Crippen LogP contribution in [0.2, 0.25) is 12.1 Å². The van der Waals surface area contributed by atoms with Gasteiger partial charge in [-0.05, 0) is 24.3 Å². The van der Waals surface area contributed by atoms with Gasteiger partial charge in [0.25, 0.3) is 0 Å². The third-order valence-corrected chi connectivity index (χ3v) is 26.1. The fourth-order valence-electron chi connectivity index (χ4n) is 6.30. The molecular formula is C30H32O2Si2. The summed E-state index contributed by atoms with van der Waals surface area (Å²) in [6.07, 6.45) is 2.57. The summed E-state index contributed by atoms with van der Waals surface area (Å²) in [5.74, 6) is 1.85. The van der Waals surface area contributed by atoms with Crippen LogP contribution in [0.3, 0.4) is 0 Å². The Labute approximate surface area is 205 Å². The second kappa shape index (κ2) is 9.65. The highest BCUT2D eigenvalue weighted by Crippen LogP contribution is 2.36. The second-order valence-electron chi connectivity index (χ2n) is 9.21. The smallest absolute Gasteiger partial charge is 0.121 e. The van der Waals surface area contributed by atoms with E-state index in [-0.39, 0.29) is 0 Å². The van der Waals surface area contributed by atoms with E-state index in [0.29, 0.717) is 0 Å². The lowest BCUT2D eigenvalue weighted by molar-refractivity contribution is 0.415. The number of hydrogen-bond acceptors (Lipinski definition) is 2. The van der Waals surface area contributed by atoms with Crippen LogP contribution in [0.4, 0.5) is 0 Å². The fraction of sp³-hybridized carbons (Fsp3) is 0.200. The summed E-state index contributed by atoms with van der Waals surface area (Å²) in [6.45, 7) is 0. The lowest BCUT2D eigenvalue weighted by atomic mass is 10.3. The van der Waals surface area contributed by atoms with Gasteiger partial charge in [-0.1, -0.05) is 131 Å². The van der Waals surface area contributed by atoms with Crippen LogP contribution in [0.5, 0.6) is 11.5 Å². The van der Waals surface area contributed by atoms with Gasteiger partial charge in [0.05, 0.1) is 14.2 Å². The Morgan fingerprint density at radius 3 is 1.09 bits per heavy atom. The average molecular weight is 481 g/mol. The van der Waals surface area contributed by atoms with Crippen LogP contribution in [0.15, 0.2) is 109 Å². The van der Waals surface area contributed by atoms with Gasteiger partial charge in [-0.2, -0.15) is 0 Å². The normalized spacial score (nSPS) is 22.2. The molecule has 1 aliphatic heterocycles. The lowest BCUT2D eigenvalue weighted by Gasteiger charge is -2.52. The Kier molecular flexibility index (Phi) is 6.44. The number of rotatable bonds is 6. The van der Waals surface area contributed by atoms with Crippen LogP contribution >= 0.6 is 0 Å². The first-order chi connectivity index (χ1) is 16.7. The molecule has 0 aromatic heterocycles. The fourth-order valence-corrected chi connectivity index (χ4v) is 27.0. The number of methoxy groups -OCH3 is 2. The summed E-state index contributed by atoms with van der Waals surface area (Å²) in [4.78, 5) is 0. The van der Waals surface area contributed by atoms with Gasteiger partial charge >= 0.3 is 0 Å². The van der Waals surface area contributed by atoms with Gasteiger partial charge in [0.2, 0.25) is 0 Å². The highest BCUT2D eigenvalue weighted by Gasteiger charge is 2.60. The van der Waals surface area contributed by atoms with Crippen LogP contribution in [0.25, 0.3) is 0 Å². The van der Waals surface area contributed by atoms with Crippen molar-refractivity contribution in [3.05, 3.63) is 109 Å². The standard InChI is InChI=1S/C30H32O2Si2/c1-31-25-15-19-29(20-16-25)33(27-11-5-3-6-12-27)23-9-10-24-34(33,28-13-7-4-8-14-28)30-21-17-26(32-2)18-22-30/h3-8,11-22H,9-10,23-24H2,1-2H3/t33-,34+. The van der Waals surface area contributed by atoms with Gasteiger partial charge in [-0.25, -0.2) is 0 Å². The summed E-state index contributed by atoms with van der Waals surface area (Å²) in [5, 5.41) is 6.19. The quantitative estimate of drug-likeness (QED) is 0.381. The van der Waals surface area contributed by atoms with E-state index in [9.17, 15) is 0 Å². The van der Waals surface area contributed by atoms with E-state index in [1.165, 1.54) is 35.3 Å². The molecule has 172 valence electrons. The molecule has 1 heterocycles. The highest BCUT2D eigenvalue weighted by atomic mass is 29.3. The largest absolute Gasteiger partial charge is 0.497 e. The molecule has 0 radical (unpaired) electrons. The van der Waals surface area contributed by atoms with Crippen molar-refractivity contribution in [3.63, 3.8) is 0 Å². The van der Waals surface area contributed by atoms with Crippen LogP contribution in [-0.2, 0) is 0 Å². The first-order valence-corrected chi connectivity index (χ1v) is 17.6. The molecule has 1 saturated heterocycles. The first kappa shape index (κ1) is 22.7. The number of ether oxygens (including phenoxy) is 2. The molecule has 1 fully saturated rings. The number of benzene rings is 4. The van der Waals surface area contributed by atoms with E-state index in [4.69, 9.17) is 9.47 Å². The van der Waals surface area contributed by atoms with E-state index in [1.54, 1.807) is 24.6 Å². The van der Waals surface area contributed by atoms with Gasteiger partial charge < -0.3 is 9.47 Å². The van der Waals surface area contributed by atoms with E-state index in [0.717, 1.165) is 11.5 Å². The predicted octanol–water partition coefficient (Wildman–Crippen LogP) is 4.40. The molecule has 0 unspecified atom stereocenters. The van der Waals surface area contributed by atoms with Gasteiger partial charge in [-0.3, -0.25) is 0 Å². The summed E-state index contributed by atoms with van der Waals surface area (Å²) in [6, 6.07) is 43.6. The van der Waals surface area contributed by atoms with Gasteiger partial charge in [0, 0.05) is 0 Å². The van der Waals surface area contributed by atoms with Crippen molar-refractivity contribution in [2.24, 2.45) is 0 Å². The zero-order valence-corrected chi connectivity index (χ0v) is 22.0. The van der Waals surface area contributed by atoms with Crippen LogP contribution in [-0.4, -0.2) is 29.4 Å². The van der Waals surface area contributed by atoms with Crippen LogP contribution in [0.1, 0.15) is 12.8 Å². The Morgan fingerprint density at radius 2 is 0.765 bits per heavy atom. The maximum atomic E-state index is 5.55. The summed E-state index contributed by atoms with van der Waals surface area (Å²) in [7, 11) is -0.933. The minimum atomic E-state index is -2.22. The van der Waals surface area contributed by atoms with Crippen molar-refractivity contribution < 1.29 is 9.47 Å². The molecule has 0 aliphatic carbocycles. The van der Waals surface area contributed by atoms with Gasteiger partial charge in [0.1, 0.15) is 26.7 Å². The van der Waals surface area contributed by atoms with E-state index in [1.807, 2.05) is 0 Å².